The molecule has 61 heavy (non-hydrogen) atoms. The summed E-state index contributed by atoms with van der Waals surface area (Å²) in [6.07, 6.45) is 47.4. The van der Waals surface area contributed by atoms with Gasteiger partial charge in [0.05, 0.1) is 19.3 Å². The third kappa shape index (κ3) is 42.0. The first-order chi connectivity index (χ1) is 29.5. The number of carboxylic acids is 1. The first-order valence-corrected chi connectivity index (χ1v) is 24.6. The summed E-state index contributed by atoms with van der Waals surface area (Å²) in [6, 6.07) is -1.54. The summed E-state index contributed by atoms with van der Waals surface area (Å²) in [7, 11) is -4.74. The first-order valence-electron chi connectivity index (χ1n) is 23.1. The van der Waals surface area contributed by atoms with Crippen molar-refractivity contribution in [3.63, 3.8) is 0 Å². The van der Waals surface area contributed by atoms with E-state index in [1.165, 1.54) is 77.0 Å². The molecule has 0 saturated carbocycles. The monoisotopic (exact) mass is 880 g/mol. The van der Waals surface area contributed by atoms with Crippen LogP contribution >= 0.6 is 7.82 Å². The predicted octanol–water partition coefficient (Wildman–Crippen LogP) is 11.5. The maximum Gasteiger partial charge on any atom is 0.472 e. The van der Waals surface area contributed by atoms with E-state index in [9.17, 15) is 28.9 Å². The van der Waals surface area contributed by atoms with Crippen molar-refractivity contribution in [2.45, 2.75) is 193 Å². The summed E-state index contributed by atoms with van der Waals surface area (Å²) in [4.78, 5) is 46.0. The van der Waals surface area contributed by atoms with Gasteiger partial charge in [-0.3, -0.25) is 23.4 Å². The summed E-state index contributed by atoms with van der Waals surface area (Å²) in [5, 5.41) is 18.7. The van der Waals surface area contributed by atoms with Crippen molar-refractivity contribution in [2.24, 2.45) is 5.73 Å². The van der Waals surface area contributed by atoms with Gasteiger partial charge in [-0.2, -0.15) is 0 Å². The van der Waals surface area contributed by atoms with Gasteiger partial charge < -0.3 is 30.3 Å². The number of rotatable bonds is 42. The topological polar surface area (TPSA) is 192 Å². The Bertz CT molecular complexity index is 1330. The van der Waals surface area contributed by atoms with Crippen LogP contribution in [0, 0.1) is 0 Å². The summed E-state index contributed by atoms with van der Waals surface area (Å²) in [6.45, 7) is 2.50. The van der Waals surface area contributed by atoms with Gasteiger partial charge in [-0.1, -0.05) is 164 Å². The highest BCUT2D eigenvalue weighted by atomic mass is 31.2. The molecule has 0 bridgehead atoms. The zero-order valence-corrected chi connectivity index (χ0v) is 38.5. The van der Waals surface area contributed by atoms with Gasteiger partial charge >= 0.3 is 25.7 Å². The molecule has 0 heterocycles. The predicted molar refractivity (Wildman–Crippen MR) is 246 cm³/mol. The Balaban J connectivity index is 4.44. The van der Waals surface area contributed by atoms with Gasteiger partial charge in [-0.25, -0.2) is 4.57 Å². The molecule has 5 N–H and O–H groups in total. The number of unbranched alkanes of at least 4 members (excludes halogenated alkanes) is 16. The molecule has 4 atom stereocenters. The number of esters is 2. The fourth-order valence-corrected chi connectivity index (χ4v) is 6.66. The molecule has 2 unspecified atom stereocenters. The summed E-state index contributed by atoms with van der Waals surface area (Å²) in [5.41, 5.74) is 5.33. The van der Waals surface area contributed by atoms with E-state index in [1.54, 1.807) is 6.08 Å². The number of phosphoric ester groups is 1. The molecule has 0 saturated heterocycles. The minimum Gasteiger partial charge on any atom is -0.480 e. The quantitative estimate of drug-likeness (QED) is 0.0149. The Kier molecular flexibility index (Phi) is 40.0. The lowest BCUT2D eigenvalue weighted by molar-refractivity contribution is -0.161. The Labute approximate surface area is 368 Å². The maximum absolute atomic E-state index is 12.7. The Morgan fingerprint density at radius 2 is 1.11 bits per heavy atom. The third-order valence-electron chi connectivity index (χ3n) is 9.51. The van der Waals surface area contributed by atoms with E-state index in [4.69, 9.17) is 24.8 Å². The van der Waals surface area contributed by atoms with Gasteiger partial charge in [0.25, 0.3) is 0 Å². The number of aliphatic carboxylic acids is 1. The largest absolute Gasteiger partial charge is 0.480 e. The maximum atomic E-state index is 12.7. The molecule has 0 aromatic heterocycles. The molecule has 0 aromatic carbocycles. The number of carbonyl (C=O) groups is 3. The molecule has 0 aliphatic rings. The van der Waals surface area contributed by atoms with Crippen LogP contribution in [0.2, 0.25) is 0 Å². The molecule has 0 aliphatic carbocycles. The highest BCUT2D eigenvalue weighted by molar-refractivity contribution is 7.47. The van der Waals surface area contributed by atoms with E-state index in [-0.39, 0.29) is 12.8 Å². The van der Waals surface area contributed by atoms with Crippen LogP contribution in [0.3, 0.4) is 0 Å². The van der Waals surface area contributed by atoms with Crippen molar-refractivity contribution in [1.29, 1.82) is 0 Å². The van der Waals surface area contributed by atoms with Gasteiger partial charge in [0, 0.05) is 12.8 Å². The van der Waals surface area contributed by atoms with E-state index in [0.29, 0.717) is 25.7 Å². The van der Waals surface area contributed by atoms with Crippen LogP contribution < -0.4 is 5.73 Å². The average molecular weight is 880 g/mol. The molecule has 0 aliphatic heterocycles. The van der Waals surface area contributed by atoms with Gasteiger partial charge in [0.1, 0.15) is 12.6 Å². The number of aliphatic hydroxyl groups is 1. The van der Waals surface area contributed by atoms with Crippen LogP contribution in [0.5, 0.6) is 0 Å². The van der Waals surface area contributed by atoms with E-state index in [2.05, 4.69) is 35.8 Å². The molecular formula is C48H82NO11P. The van der Waals surface area contributed by atoms with E-state index < -0.39 is 63.8 Å². The number of allylic oxidation sites excluding steroid dienone is 10. The Morgan fingerprint density at radius 1 is 0.607 bits per heavy atom. The lowest BCUT2D eigenvalue weighted by Gasteiger charge is -2.20. The number of nitrogens with two attached hydrogens (primary N) is 1. The van der Waals surface area contributed by atoms with Crippen molar-refractivity contribution in [3.8, 4) is 0 Å². The normalized spacial score (nSPS) is 14.8. The summed E-state index contributed by atoms with van der Waals surface area (Å²) >= 11 is 0. The zero-order chi connectivity index (χ0) is 45.1. The SMILES string of the molecule is CC/C=C\C(O)C/C=C/C=C\C/C=C\C/C=C\CCCC(=O)OC[C@H](COP(=O)(O)OC[C@H](N)C(=O)O)OC(=O)CCCCCCCCCCC/C=C\CCCCCCCC. The smallest absolute Gasteiger partial charge is 0.472 e. The number of hydrogen-bond donors (Lipinski definition) is 4. The van der Waals surface area contributed by atoms with Crippen molar-refractivity contribution < 1.29 is 52.6 Å². The molecule has 350 valence electrons. The van der Waals surface area contributed by atoms with Crippen molar-refractivity contribution >= 4 is 25.7 Å². The fraction of sp³-hybridized carbons (Fsp3) is 0.688. The van der Waals surface area contributed by atoms with Gasteiger partial charge in [0.15, 0.2) is 6.10 Å². The number of phosphoric acid groups is 1. The highest BCUT2D eigenvalue weighted by Gasteiger charge is 2.28. The second-order valence-corrected chi connectivity index (χ2v) is 16.8. The molecule has 13 heteroatoms. The molecular weight excluding hydrogens is 797 g/mol. The number of ether oxygens (including phenoxy) is 2. The molecule has 0 amide bonds. The number of carbonyl (C=O) groups excluding carboxylic acids is 2. The van der Waals surface area contributed by atoms with Crippen LogP contribution in [-0.4, -0.2) is 71.1 Å². The van der Waals surface area contributed by atoms with Crippen LogP contribution in [0.4, 0.5) is 0 Å². The summed E-state index contributed by atoms with van der Waals surface area (Å²) < 4.78 is 32.7. The molecule has 0 fully saturated rings. The number of aliphatic hydroxyl groups excluding tert-OH is 1. The second kappa shape index (κ2) is 42.2. The highest BCUT2D eigenvalue weighted by Crippen LogP contribution is 2.43. The van der Waals surface area contributed by atoms with Gasteiger partial charge in [-0.05, 0) is 70.6 Å². The van der Waals surface area contributed by atoms with E-state index in [0.717, 1.165) is 44.9 Å². The first kappa shape index (κ1) is 57.9. The van der Waals surface area contributed by atoms with Crippen LogP contribution in [0.25, 0.3) is 0 Å². The van der Waals surface area contributed by atoms with Crippen molar-refractivity contribution in [2.75, 3.05) is 19.8 Å². The van der Waals surface area contributed by atoms with Crippen LogP contribution in [-0.2, 0) is 37.5 Å². The molecule has 0 radical (unpaired) electrons. The lowest BCUT2D eigenvalue weighted by Crippen LogP contribution is -2.34. The van der Waals surface area contributed by atoms with Crippen molar-refractivity contribution in [3.05, 3.63) is 72.9 Å². The van der Waals surface area contributed by atoms with E-state index in [1.807, 2.05) is 49.5 Å². The molecule has 0 spiro atoms. The third-order valence-corrected chi connectivity index (χ3v) is 10.5. The zero-order valence-electron chi connectivity index (χ0n) is 37.6. The van der Waals surface area contributed by atoms with Gasteiger partial charge in [0.2, 0.25) is 0 Å². The molecule has 0 rings (SSSR count). The number of hydrogen-bond acceptors (Lipinski definition) is 10. The second-order valence-electron chi connectivity index (χ2n) is 15.4. The minimum atomic E-state index is -4.74. The van der Waals surface area contributed by atoms with Crippen molar-refractivity contribution in [1.82, 2.24) is 0 Å². The Hall–Kier alpha value is -3.12. The van der Waals surface area contributed by atoms with Crippen LogP contribution in [0.1, 0.15) is 174 Å². The lowest BCUT2D eigenvalue weighted by atomic mass is 10.1. The minimum absolute atomic E-state index is 0.122. The average Bonchev–Trinajstić information content (AvgIpc) is 3.23. The van der Waals surface area contributed by atoms with Gasteiger partial charge in [-0.15, -0.1) is 0 Å². The van der Waals surface area contributed by atoms with E-state index >= 15 is 0 Å². The van der Waals surface area contributed by atoms with Crippen LogP contribution in [0.15, 0.2) is 72.9 Å². The molecule has 0 aromatic rings. The number of carboxylic acid groups (broad SMARTS) is 1. The standard InChI is InChI=1S/C48H82NO11P/c1-3-5-7-8-9-10-11-12-13-14-15-16-17-18-23-26-29-32-35-39-47(52)60-44(41-58-61(55,56)59-42-45(49)48(53)54)40-57-46(51)38-34-31-28-25-22-20-19-21-24-27-30-33-37-43(50)36-6-4-2/h6,12-13,19-20,24-25,27-28,30,33,36,43-45,50H,3-5,7-11,14-18,21-23,26,29,31-32,34-35,37-42,49H2,1-2H3,(H,53,54)(H,55,56)/b13-12-,20-19-,27-24-,28-25-,33-30+,36-6-/t43?,44-,45+/m1/s1. The summed E-state index contributed by atoms with van der Waals surface area (Å²) in [5.74, 6) is -2.49. The molecule has 12 nitrogen and oxygen atoms in total. The fourth-order valence-electron chi connectivity index (χ4n) is 5.88. The Morgan fingerprint density at radius 3 is 1.74 bits per heavy atom.